The van der Waals surface area contributed by atoms with Gasteiger partial charge in [0.1, 0.15) is 29.5 Å². The van der Waals surface area contributed by atoms with Crippen molar-refractivity contribution in [3.8, 4) is 0 Å². The van der Waals surface area contributed by atoms with Crippen molar-refractivity contribution >= 4 is 35.6 Å². The van der Waals surface area contributed by atoms with Crippen molar-refractivity contribution in [1.29, 1.82) is 0 Å². The number of aliphatic hydroxyl groups is 3. The van der Waals surface area contributed by atoms with Crippen LogP contribution in [0.3, 0.4) is 0 Å². The molecule has 4 fully saturated rings. The topological polar surface area (TPSA) is 221 Å². The number of hydrogen-bond donors (Lipinski definition) is 4. The number of ketones is 2. The lowest BCUT2D eigenvalue weighted by Crippen LogP contribution is -2.82. The summed E-state index contributed by atoms with van der Waals surface area (Å²) < 4.78 is 29.5. The van der Waals surface area contributed by atoms with Crippen molar-refractivity contribution in [2.75, 3.05) is 6.61 Å². The maximum atomic E-state index is 14.9. The maximum absolute atomic E-state index is 14.9. The molecule has 2 aromatic rings. The van der Waals surface area contributed by atoms with Crippen LogP contribution in [0.5, 0.6) is 0 Å². The molecular weight excluding hydrogens is 754 g/mol. The molecule has 12 atom stereocenters. The van der Waals surface area contributed by atoms with E-state index in [9.17, 15) is 44.1 Å². The lowest BCUT2D eigenvalue weighted by molar-refractivity contribution is -0.350. The van der Waals surface area contributed by atoms with E-state index in [0.717, 1.165) is 6.92 Å². The number of carbonyl (C=O) groups is 6. The van der Waals surface area contributed by atoms with Crippen molar-refractivity contribution in [2.24, 2.45) is 28.6 Å². The van der Waals surface area contributed by atoms with Crippen molar-refractivity contribution in [3.05, 3.63) is 71.8 Å². The number of rotatable bonds is 8. The van der Waals surface area contributed by atoms with Crippen LogP contribution in [0.25, 0.3) is 0 Å². The third-order valence-electron chi connectivity index (χ3n) is 12.9. The lowest BCUT2D eigenvalue weighted by Gasteiger charge is -2.67. The van der Waals surface area contributed by atoms with Gasteiger partial charge < -0.3 is 44.3 Å². The van der Waals surface area contributed by atoms with E-state index in [1.807, 2.05) is 0 Å². The molecule has 1 saturated heterocycles. The van der Waals surface area contributed by atoms with Gasteiger partial charge in [0.25, 0.3) is 0 Å². The summed E-state index contributed by atoms with van der Waals surface area (Å²) in [5.41, 5.74) is -8.31. The van der Waals surface area contributed by atoms with Gasteiger partial charge in [-0.2, -0.15) is 0 Å². The molecule has 0 radical (unpaired) electrons. The molecule has 1 heterocycles. The first kappa shape index (κ1) is 42.9. The standard InChI is InChI=1S/C43H53NO14/c1-22-26(55-37(51)32(48)30(24-15-11-9-12-16-24)44-38(52)58-39(3,4)5)20-43(53)35(56-36(50)25-17-13-10-14-18-25)33-41(8,34(49)31(47)29(22)40(43,6)7)27(46)19-28-42(33,21-54-28)57-23(2)45/h9-18,22,26-30,32-33,35,46,48,53H,19-21H2,1-8H3,(H,44,52)/t22?,26-,27?,28+,29?,30-,32+,33-,35-,41+,42-,43+/m0/s1. The van der Waals surface area contributed by atoms with Gasteiger partial charge in [0, 0.05) is 37.0 Å². The Morgan fingerprint density at radius 2 is 1.55 bits per heavy atom. The maximum Gasteiger partial charge on any atom is 0.408 e. The molecular formula is C43H53NO14. The number of Topliss-reactive ketones (excluding diaryl/α,β-unsaturated/α-hetero) is 2. The van der Waals surface area contributed by atoms with E-state index in [1.165, 1.54) is 19.1 Å². The highest BCUT2D eigenvalue weighted by atomic mass is 16.6. The molecule has 0 aromatic heterocycles. The van der Waals surface area contributed by atoms with Crippen molar-refractivity contribution < 1.29 is 67.8 Å². The van der Waals surface area contributed by atoms with E-state index in [1.54, 1.807) is 90.1 Å². The summed E-state index contributed by atoms with van der Waals surface area (Å²) in [6.45, 7) is 11.8. The molecule has 15 nitrogen and oxygen atoms in total. The number of carbonyl (C=O) groups excluding carboxylic acids is 6. The SMILES string of the molecule is CC(=O)O[C@@]12CO[C@@H]1CC(O)[C@@]1(C)C(=O)C(=O)C3C(C)[C@@H](OC(=O)[C@H](O)[C@@H](NC(=O)OC(C)(C)C)c4ccccc4)C[C@@](O)([C@@H](OC(=O)c4ccccc4)[C@H]21)C3(C)C. The van der Waals surface area contributed by atoms with Gasteiger partial charge in [-0.25, -0.2) is 14.4 Å². The zero-order valence-corrected chi connectivity index (χ0v) is 33.9. The van der Waals surface area contributed by atoms with Gasteiger partial charge in [0.2, 0.25) is 11.6 Å². The molecule has 1 aliphatic heterocycles. The number of ether oxygens (including phenoxy) is 5. The molecule has 1 amide bonds. The minimum absolute atomic E-state index is 0.0747. The zero-order chi connectivity index (χ0) is 42.7. The van der Waals surface area contributed by atoms with Crippen LogP contribution < -0.4 is 5.32 Å². The highest BCUT2D eigenvalue weighted by Crippen LogP contribution is 2.64. The van der Waals surface area contributed by atoms with Crippen molar-refractivity contribution in [2.45, 2.75) is 122 Å². The van der Waals surface area contributed by atoms with E-state index in [0.29, 0.717) is 5.56 Å². The second-order valence-corrected chi connectivity index (χ2v) is 17.9. The van der Waals surface area contributed by atoms with E-state index in [2.05, 4.69) is 5.32 Å². The zero-order valence-electron chi connectivity index (χ0n) is 33.9. The Labute approximate surface area is 336 Å². The smallest absolute Gasteiger partial charge is 0.408 e. The molecule has 4 aliphatic rings. The first-order valence-electron chi connectivity index (χ1n) is 19.5. The monoisotopic (exact) mass is 807 g/mol. The first-order chi connectivity index (χ1) is 27.0. The Morgan fingerprint density at radius 1 is 0.948 bits per heavy atom. The minimum Gasteiger partial charge on any atom is -0.460 e. The van der Waals surface area contributed by atoms with Gasteiger partial charge in [-0.1, -0.05) is 69.3 Å². The number of alkyl carbamates (subject to hydrolysis) is 1. The van der Waals surface area contributed by atoms with Crippen LogP contribution >= 0.6 is 0 Å². The van der Waals surface area contributed by atoms with Crippen LogP contribution in [-0.4, -0.2) is 105 Å². The number of esters is 3. The average Bonchev–Trinajstić information content (AvgIpc) is 3.14. The predicted octanol–water partition coefficient (Wildman–Crippen LogP) is 3.40. The fourth-order valence-corrected chi connectivity index (χ4v) is 9.87. The van der Waals surface area contributed by atoms with Crippen molar-refractivity contribution in [3.63, 3.8) is 0 Å². The predicted molar refractivity (Wildman–Crippen MR) is 203 cm³/mol. The number of aliphatic hydroxyl groups excluding tert-OH is 2. The summed E-state index contributed by atoms with van der Waals surface area (Å²) in [5.74, 6) is -8.93. The molecule has 58 heavy (non-hydrogen) atoms. The van der Waals surface area contributed by atoms with Crippen LogP contribution in [0.15, 0.2) is 60.7 Å². The summed E-state index contributed by atoms with van der Waals surface area (Å²) in [7, 11) is 0. The second kappa shape index (κ2) is 15.2. The number of nitrogens with one attached hydrogen (secondary N) is 1. The van der Waals surface area contributed by atoms with Gasteiger partial charge in [0.05, 0.1) is 35.6 Å². The molecule has 0 spiro atoms. The molecule has 15 heteroatoms. The number of benzene rings is 2. The molecule has 2 aromatic carbocycles. The fourth-order valence-electron chi connectivity index (χ4n) is 9.87. The van der Waals surface area contributed by atoms with Gasteiger partial charge in [-0.05, 0) is 45.4 Å². The molecule has 4 N–H and O–H groups in total. The van der Waals surface area contributed by atoms with Crippen molar-refractivity contribution in [1.82, 2.24) is 5.32 Å². The lowest BCUT2D eigenvalue weighted by atomic mass is 9.42. The second-order valence-electron chi connectivity index (χ2n) is 17.9. The molecule has 2 bridgehead atoms. The molecule has 314 valence electrons. The molecule has 3 unspecified atom stereocenters. The highest BCUT2D eigenvalue weighted by molar-refractivity contribution is 6.40. The summed E-state index contributed by atoms with van der Waals surface area (Å²) in [5, 5.41) is 39.3. The summed E-state index contributed by atoms with van der Waals surface area (Å²) in [4.78, 5) is 83.6. The number of hydrogen-bond acceptors (Lipinski definition) is 14. The van der Waals surface area contributed by atoms with E-state index in [4.69, 9.17) is 23.7 Å². The van der Waals surface area contributed by atoms with Crippen LogP contribution in [-0.2, 0) is 42.9 Å². The normalized spacial score (nSPS) is 34.9. The molecule has 3 aliphatic carbocycles. The van der Waals surface area contributed by atoms with Crippen LogP contribution in [0.4, 0.5) is 4.79 Å². The third-order valence-corrected chi connectivity index (χ3v) is 12.9. The van der Waals surface area contributed by atoms with Gasteiger partial charge in [-0.3, -0.25) is 14.4 Å². The number of amides is 1. The molecule has 6 rings (SSSR count). The van der Waals surface area contributed by atoms with Gasteiger partial charge >= 0.3 is 24.0 Å². The molecule has 3 saturated carbocycles. The summed E-state index contributed by atoms with van der Waals surface area (Å²) in [6.07, 6.45) is -9.48. The average molecular weight is 808 g/mol. The Kier molecular flexibility index (Phi) is 11.2. The van der Waals surface area contributed by atoms with Crippen LogP contribution in [0, 0.1) is 28.6 Å². The van der Waals surface area contributed by atoms with E-state index < -0.39 is 124 Å². The Bertz CT molecular complexity index is 1950. The number of fused-ring (bicyclic) bond motifs is 5. The Balaban J connectivity index is 1.46. The Hall–Kier alpha value is -4.70. The van der Waals surface area contributed by atoms with Crippen LogP contribution in [0.2, 0.25) is 0 Å². The largest absolute Gasteiger partial charge is 0.460 e. The minimum atomic E-state index is -2.36. The van der Waals surface area contributed by atoms with Crippen LogP contribution in [0.1, 0.15) is 90.2 Å². The fraction of sp³-hybridized carbons (Fsp3) is 0.581. The third kappa shape index (κ3) is 7.09. The summed E-state index contributed by atoms with van der Waals surface area (Å²) in [6, 6.07) is 14.6. The van der Waals surface area contributed by atoms with Gasteiger partial charge in [-0.15, -0.1) is 0 Å². The first-order valence-corrected chi connectivity index (χ1v) is 19.5. The Morgan fingerprint density at radius 3 is 2.10 bits per heavy atom. The quantitative estimate of drug-likeness (QED) is 0.171. The van der Waals surface area contributed by atoms with Gasteiger partial charge in [0.15, 0.2) is 11.7 Å². The van der Waals surface area contributed by atoms with E-state index >= 15 is 0 Å². The van der Waals surface area contributed by atoms with E-state index in [-0.39, 0.29) is 18.6 Å². The summed E-state index contributed by atoms with van der Waals surface area (Å²) >= 11 is 0. The highest BCUT2D eigenvalue weighted by Gasteiger charge is 2.79.